The highest BCUT2D eigenvalue weighted by Gasteiger charge is 2.24. The number of aliphatic carboxylic acids is 2. The number of carbonyl (C=O) groups is 2. The molecule has 1 aliphatic rings. The first-order valence-corrected chi connectivity index (χ1v) is 6.01. The first-order valence-electron chi connectivity index (χ1n) is 6.01. The topological polar surface area (TPSA) is 87.1 Å². The van der Waals surface area contributed by atoms with Crippen LogP contribution in [-0.2, 0) is 9.59 Å². The summed E-state index contributed by atoms with van der Waals surface area (Å²) in [5, 5.41) is 15.6. The molecule has 2 N–H and O–H groups in total. The van der Waals surface area contributed by atoms with Crippen LogP contribution in [0, 0.1) is 0 Å². The largest absolute Gasteiger partial charge is 0.488 e. The normalized spacial score (nSPS) is 15.1. The summed E-state index contributed by atoms with van der Waals surface area (Å²) < 4.78 is 5.68. The molecule has 1 saturated heterocycles. The van der Waals surface area contributed by atoms with Gasteiger partial charge in [-0.15, -0.1) is 0 Å². The van der Waals surface area contributed by atoms with E-state index >= 15 is 0 Å². The molecular formula is C14H17NO5. The van der Waals surface area contributed by atoms with Crippen LogP contribution in [0.2, 0.25) is 0 Å². The molecule has 108 valence electrons. The van der Waals surface area contributed by atoms with E-state index in [2.05, 4.69) is 11.9 Å². The Balaban J connectivity index is 0.000000221. The molecule has 0 unspecified atom stereocenters. The molecule has 0 radical (unpaired) electrons. The monoisotopic (exact) mass is 279 g/mol. The van der Waals surface area contributed by atoms with Crippen molar-refractivity contribution in [1.82, 2.24) is 4.90 Å². The van der Waals surface area contributed by atoms with Crippen LogP contribution in [0.15, 0.2) is 42.5 Å². The van der Waals surface area contributed by atoms with Gasteiger partial charge in [-0.2, -0.15) is 0 Å². The lowest BCUT2D eigenvalue weighted by molar-refractivity contribution is -0.134. The van der Waals surface area contributed by atoms with Gasteiger partial charge in [0.2, 0.25) is 0 Å². The minimum Gasteiger partial charge on any atom is -0.488 e. The average molecular weight is 279 g/mol. The zero-order valence-electron chi connectivity index (χ0n) is 11.1. The average Bonchev–Trinajstić information content (AvgIpc) is 2.37. The van der Waals surface area contributed by atoms with Gasteiger partial charge >= 0.3 is 11.9 Å². The number of ether oxygens (including phenoxy) is 1. The van der Waals surface area contributed by atoms with Crippen molar-refractivity contribution in [2.24, 2.45) is 0 Å². The van der Waals surface area contributed by atoms with Crippen molar-refractivity contribution in [3.8, 4) is 5.75 Å². The van der Waals surface area contributed by atoms with Crippen molar-refractivity contribution in [2.75, 3.05) is 20.1 Å². The SMILES string of the molecule is CN1CC(Oc2ccccc2)C1.O=C(O)C=CC(=O)O. The lowest BCUT2D eigenvalue weighted by Gasteiger charge is -2.35. The number of likely N-dealkylation sites (tertiary alicyclic amines) is 1. The first kappa shape index (κ1) is 15.7. The molecule has 6 heteroatoms. The fourth-order valence-corrected chi connectivity index (χ4v) is 1.55. The van der Waals surface area contributed by atoms with Gasteiger partial charge in [-0.05, 0) is 19.2 Å². The van der Waals surface area contributed by atoms with Crippen molar-refractivity contribution in [2.45, 2.75) is 6.10 Å². The van der Waals surface area contributed by atoms with E-state index in [0.29, 0.717) is 18.3 Å². The van der Waals surface area contributed by atoms with Gasteiger partial charge in [0.05, 0.1) is 0 Å². The van der Waals surface area contributed by atoms with Crippen LogP contribution in [0.25, 0.3) is 0 Å². The molecule has 1 fully saturated rings. The van der Waals surface area contributed by atoms with Crippen molar-refractivity contribution < 1.29 is 24.5 Å². The van der Waals surface area contributed by atoms with Crippen LogP contribution >= 0.6 is 0 Å². The van der Waals surface area contributed by atoms with Gasteiger partial charge in [-0.3, -0.25) is 4.90 Å². The Morgan fingerprint density at radius 2 is 1.65 bits per heavy atom. The number of carboxylic acid groups (broad SMARTS) is 2. The summed E-state index contributed by atoms with van der Waals surface area (Å²) in [5.74, 6) is -1.53. The Kier molecular flexibility index (Phi) is 6.25. The quantitative estimate of drug-likeness (QED) is 0.802. The Bertz CT molecular complexity index is 450. The molecule has 20 heavy (non-hydrogen) atoms. The van der Waals surface area contributed by atoms with Gasteiger partial charge < -0.3 is 14.9 Å². The summed E-state index contributed by atoms with van der Waals surface area (Å²) in [4.78, 5) is 21.4. The van der Waals surface area contributed by atoms with Crippen molar-refractivity contribution in [1.29, 1.82) is 0 Å². The third kappa shape index (κ3) is 6.55. The van der Waals surface area contributed by atoms with E-state index in [-0.39, 0.29) is 0 Å². The molecule has 0 saturated carbocycles. The van der Waals surface area contributed by atoms with E-state index in [4.69, 9.17) is 14.9 Å². The second kappa shape index (κ2) is 7.96. The second-order valence-corrected chi connectivity index (χ2v) is 4.28. The minimum absolute atomic E-state index is 0.400. The number of carboxylic acids is 2. The smallest absolute Gasteiger partial charge is 0.328 e. The molecule has 1 aromatic rings. The van der Waals surface area contributed by atoms with E-state index in [1.54, 1.807) is 0 Å². The summed E-state index contributed by atoms with van der Waals surface area (Å²) in [5.41, 5.74) is 0. The van der Waals surface area contributed by atoms with E-state index in [1.165, 1.54) is 0 Å². The maximum Gasteiger partial charge on any atom is 0.328 e. The standard InChI is InChI=1S/C10H13NO.C4H4O4/c1-11-7-10(8-11)12-9-5-3-2-4-6-9;5-3(6)1-2-4(7)8/h2-6,10H,7-8H2,1H3;1-2H,(H,5,6)(H,7,8). The van der Waals surface area contributed by atoms with Crippen molar-refractivity contribution in [3.63, 3.8) is 0 Å². The summed E-state index contributed by atoms with van der Waals surface area (Å²) >= 11 is 0. The highest BCUT2D eigenvalue weighted by Crippen LogP contribution is 2.15. The maximum atomic E-state index is 9.55. The molecule has 0 aliphatic carbocycles. The van der Waals surface area contributed by atoms with Crippen LogP contribution in [0.3, 0.4) is 0 Å². The number of para-hydroxylation sites is 1. The molecular weight excluding hydrogens is 262 g/mol. The van der Waals surface area contributed by atoms with E-state index in [0.717, 1.165) is 18.8 Å². The molecule has 0 amide bonds. The highest BCUT2D eigenvalue weighted by molar-refractivity contribution is 5.89. The highest BCUT2D eigenvalue weighted by atomic mass is 16.5. The minimum atomic E-state index is -1.26. The van der Waals surface area contributed by atoms with Crippen LogP contribution in [0.4, 0.5) is 0 Å². The fourth-order valence-electron chi connectivity index (χ4n) is 1.55. The zero-order valence-corrected chi connectivity index (χ0v) is 11.1. The van der Waals surface area contributed by atoms with Gasteiger partial charge in [0.15, 0.2) is 0 Å². The Morgan fingerprint density at radius 1 is 1.15 bits per heavy atom. The van der Waals surface area contributed by atoms with E-state index < -0.39 is 11.9 Å². The van der Waals surface area contributed by atoms with Crippen LogP contribution in [0.5, 0.6) is 5.75 Å². The van der Waals surface area contributed by atoms with E-state index in [9.17, 15) is 9.59 Å². The number of benzene rings is 1. The van der Waals surface area contributed by atoms with Gasteiger partial charge in [0, 0.05) is 25.2 Å². The van der Waals surface area contributed by atoms with Gasteiger partial charge in [-0.1, -0.05) is 18.2 Å². The van der Waals surface area contributed by atoms with Crippen LogP contribution in [-0.4, -0.2) is 53.3 Å². The van der Waals surface area contributed by atoms with Gasteiger partial charge in [0.25, 0.3) is 0 Å². The number of hydrogen-bond donors (Lipinski definition) is 2. The molecule has 1 heterocycles. The van der Waals surface area contributed by atoms with Crippen molar-refractivity contribution >= 4 is 11.9 Å². The Hall–Kier alpha value is -2.34. The fraction of sp³-hybridized carbons (Fsp3) is 0.286. The zero-order chi connectivity index (χ0) is 15.0. The molecule has 0 spiro atoms. The lowest BCUT2D eigenvalue weighted by Crippen LogP contribution is -2.51. The predicted octanol–water partition coefficient (Wildman–Crippen LogP) is 1.09. The summed E-state index contributed by atoms with van der Waals surface area (Å²) in [6, 6.07) is 9.99. The molecule has 1 aliphatic heterocycles. The van der Waals surface area contributed by atoms with E-state index in [1.807, 2.05) is 30.3 Å². The Morgan fingerprint density at radius 3 is 2.05 bits per heavy atom. The van der Waals surface area contributed by atoms with Crippen LogP contribution in [0.1, 0.15) is 0 Å². The third-order valence-electron chi connectivity index (χ3n) is 2.45. The third-order valence-corrected chi connectivity index (χ3v) is 2.45. The first-order chi connectivity index (χ1) is 9.47. The predicted molar refractivity (Wildman–Crippen MR) is 72.8 cm³/mol. The second-order valence-electron chi connectivity index (χ2n) is 4.28. The Labute approximate surface area is 116 Å². The molecule has 0 bridgehead atoms. The van der Waals surface area contributed by atoms with Gasteiger partial charge in [0.1, 0.15) is 11.9 Å². The summed E-state index contributed by atoms with van der Waals surface area (Å²) in [7, 11) is 2.10. The van der Waals surface area contributed by atoms with Crippen LogP contribution < -0.4 is 4.74 Å². The summed E-state index contributed by atoms with van der Waals surface area (Å²) in [6.45, 7) is 2.10. The molecule has 1 aromatic carbocycles. The number of nitrogens with zero attached hydrogens (tertiary/aromatic N) is 1. The summed E-state index contributed by atoms with van der Waals surface area (Å²) in [6.07, 6.45) is 1.52. The molecule has 6 nitrogen and oxygen atoms in total. The maximum absolute atomic E-state index is 9.55. The number of likely N-dealkylation sites (N-methyl/N-ethyl adjacent to an activating group) is 1. The number of hydrogen-bond acceptors (Lipinski definition) is 4. The lowest BCUT2D eigenvalue weighted by atomic mass is 10.2. The van der Waals surface area contributed by atoms with Crippen molar-refractivity contribution in [3.05, 3.63) is 42.5 Å². The molecule has 2 rings (SSSR count). The number of rotatable bonds is 4. The molecule has 0 atom stereocenters. The molecule has 0 aromatic heterocycles. The van der Waals surface area contributed by atoms with Gasteiger partial charge in [-0.25, -0.2) is 9.59 Å².